The summed E-state index contributed by atoms with van der Waals surface area (Å²) < 4.78 is 0. The molecular formula is C21H20N3O3-. The number of pyridine rings is 1. The molecule has 1 amide bonds. The van der Waals surface area contributed by atoms with Gasteiger partial charge in [0.2, 0.25) is 0 Å². The molecule has 3 atom stereocenters. The topological polar surface area (TPSA) is 94.1 Å². The number of aromatic nitrogens is 1. The van der Waals surface area contributed by atoms with Crippen molar-refractivity contribution in [1.29, 1.82) is 0 Å². The van der Waals surface area contributed by atoms with E-state index >= 15 is 0 Å². The van der Waals surface area contributed by atoms with Crippen molar-refractivity contribution in [2.75, 3.05) is 11.9 Å². The standard InChI is InChI=1S/C21H21N3O3/c25-19(26)9-11-23-21(27)13-7-8-17-16(12-13)14-4-3-5-15(14)20(24-17)18-6-1-2-10-22-18/h1-4,6-8,10,12,14-15,20,24H,5,9,11H2,(H,23,27)(H,25,26)/p-1/t14-,15+,20-/m0/s1. The first-order valence-corrected chi connectivity index (χ1v) is 9.09. The van der Waals surface area contributed by atoms with Crippen molar-refractivity contribution in [3.05, 3.63) is 71.6 Å². The largest absolute Gasteiger partial charge is 0.550 e. The molecule has 138 valence electrons. The predicted octanol–water partition coefficient (Wildman–Crippen LogP) is 1.78. The van der Waals surface area contributed by atoms with Crippen molar-refractivity contribution in [3.63, 3.8) is 0 Å². The van der Waals surface area contributed by atoms with Crippen molar-refractivity contribution in [1.82, 2.24) is 10.3 Å². The number of fused-ring (bicyclic) bond motifs is 3. The van der Waals surface area contributed by atoms with Crippen molar-refractivity contribution in [3.8, 4) is 0 Å². The van der Waals surface area contributed by atoms with E-state index < -0.39 is 5.97 Å². The van der Waals surface area contributed by atoms with Crippen LogP contribution in [0.15, 0.2) is 54.7 Å². The lowest BCUT2D eigenvalue weighted by atomic mass is 9.77. The molecule has 4 rings (SSSR count). The van der Waals surface area contributed by atoms with Crippen LogP contribution in [0.4, 0.5) is 5.69 Å². The molecule has 0 unspecified atom stereocenters. The number of carbonyl (C=O) groups is 2. The van der Waals surface area contributed by atoms with E-state index in [4.69, 9.17) is 0 Å². The Morgan fingerprint density at radius 2 is 2.15 bits per heavy atom. The van der Waals surface area contributed by atoms with E-state index in [0.717, 1.165) is 23.4 Å². The lowest BCUT2D eigenvalue weighted by molar-refractivity contribution is -0.305. The van der Waals surface area contributed by atoms with Crippen molar-refractivity contribution < 1.29 is 14.7 Å². The molecule has 2 heterocycles. The van der Waals surface area contributed by atoms with Crippen LogP contribution in [-0.2, 0) is 4.79 Å². The van der Waals surface area contributed by atoms with Crippen LogP contribution in [0.2, 0.25) is 0 Å². The predicted molar refractivity (Wildman–Crippen MR) is 99.0 cm³/mol. The number of rotatable bonds is 5. The monoisotopic (exact) mass is 362 g/mol. The summed E-state index contributed by atoms with van der Waals surface area (Å²) in [6.45, 7) is 0.0597. The number of carboxylic acid groups (broad SMARTS) is 1. The van der Waals surface area contributed by atoms with Gasteiger partial charge in [-0.15, -0.1) is 0 Å². The van der Waals surface area contributed by atoms with Gasteiger partial charge >= 0.3 is 0 Å². The SMILES string of the molecule is O=C([O-])CCNC(=O)c1ccc2c(c1)[C@H]1C=CC[C@H]1[C@@H](c1ccccn1)N2. The summed E-state index contributed by atoms with van der Waals surface area (Å²) >= 11 is 0. The van der Waals surface area contributed by atoms with E-state index in [1.165, 1.54) is 0 Å². The Balaban J connectivity index is 1.59. The second-order valence-corrected chi connectivity index (χ2v) is 6.91. The molecule has 6 nitrogen and oxygen atoms in total. The van der Waals surface area contributed by atoms with Crippen LogP contribution < -0.4 is 15.7 Å². The van der Waals surface area contributed by atoms with Gasteiger partial charge in [0, 0.05) is 42.3 Å². The van der Waals surface area contributed by atoms with Crippen LogP contribution >= 0.6 is 0 Å². The van der Waals surface area contributed by atoms with E-state index in [1.54, 1.807) is 6.07 Å². The maximum absolute atomic E-state index is 12.3. The molecule has 0 radical (unpaired) electrons. The van der Waals surface area contributed by atoms with Crippen LogP contribution in [0.3, 0.4) is 0 Å². The van der Waals surface area contributed by atoms with Crippen LogP contribution in [0.25, 0.3) is 0 Å². The molecule has 1 aromatic heterocycles. The molecular weight excluding hydrogens is 342 g/mol. The second-order valence-electron chi connectivity index (χ2n) is 6.91. The molecule has 2 aliphatic rings. The van der Waals surface area contributed by atoms with Crippen LogP contribution in [-0.4, -0.2) is 23.4 Å². The highest BCUT2D eigenvalue weighted by Gasteiger charge is 2.38. The fourth-order valence-corrected chi connectivity index (χ4v) is 3.97. The summed E-state index contributed by atoms with van der Waals surface area (Å²) in [6.07, 6.45) is 6.97. The molecule has 27 heavy (non-hydrogen) atoms. The fourth-order valence-electron chi connectivity index (χ4n) is 3.97. The van der Waals surface area contributed by atoms with Gasteiger partial charge in [-0.3, -0.25) is 9.78 Å². The van der Waals surface area contributed by atoms with Gasteiger partial charge in [-0.2, -0.15) is 0 Å². The number of carboxylic acids is 1. The van der Waals surface area contributed by atoms with E-state index in [-0.39, 0.29) is 30.8 Å². The molecule has 1 aliphatic carbocycles. The van der Waals surface area contributed by atoms with Gasteiger partial charge in [0.15, 0.2) is 0 Å². The van der Waals surface area contributed by atoms with Gasteiger partial charge in [-0.1, -0.05) is 18.2 Å². The number of nitrogens with zero attached hydrogens (tertiary/aromatic N) is 1. The lowest BCUT2D eigenvalue weighted by Crippen LogP contribution is -2.32. The number of amides is 1. The van der Waals surface area contributed by atoms with Gasteiger partial charge in [-0.05, 0) is 48.2 Å². The van der Waals surface area contributed by atoms with Crippen LogP contribution in [0, 0.1) is 5.92 Å². The molecule has 1 aromatic carbocycles. The number of anilines is 1. The Morgan fingerprint density at radius 1 is 1.26 bits per heavy atom. The zero-order valence-corrected chi connectivity index (χ0v) is 14.7. The van der Waals surface area contributed by atoms with Crippen molar-refractivity contribution >= 4 is 17.6 Å². The zero-order chi connectivity index (χ0) is 18.8. The highest BCUT2D eigenvalue weighted by molar-refractivity contribution is 5.95. The summed E-state index contributed by atoms with van der Waals surface area (Å²) in [4.78, 5) is 27.3. The average Bonchev–Trinajstić information content (AvgIpc) is 3.17. The minimum atomic E-state index is -1.18. The Labute approximate surface area is 157 Å². The zero-order valence-electron chi connectivity index (χ0n) is 14.7. The normalized spacial score (nSPS) is 22.4. The first kappa shape index (κ1) is 17.3. The molecule has 6 heteroatoms. The summed E-state index contributed by atoms with van der Waals surface area (Å²) in [6, 6.07) is 11.7. The molecule has 0 bridgehead atoms. The number of nitrogens with one attached hydrogen (secondary N) is 2. The van der Waals surface area contributed by atoms with Gasteiger partial charge in [0.1, 0.15) is 0 Å². The first-order chi connectivity index (χ1) is 13.1. The quantitative estimate of drug-likeness (QED) is 0.791. The molecule has 0 saturated heterocycles. The third kappa shape index (κ3) is 3.43. The summed E-state index contributed by atoms with van der Waals surface area (Å²) in [5.41, 5.74) is 3.65. The lowest BCUT2D eigenvalue weighted by Gasteiger charge is -2.37. The van der Waals surface area contributed by atoms with Gasteiger partial charge < -0.3 is 20.5 Å². The highest BCUT2D eigenvalue weighted by atomic mass is 16.4. The van der Waals surface area contributed by atoms with E-state index in [0.29, 0.717) is 11.5 Å². The summed E-state index contributed by atoms with van der Waals surface area (Å²) in [5.74, 6) is -0.873. The minimum absolute atomic E-state index is 0.0597. The molecule has 2 aromatic rings. The summed E-state index contributed by atoms with van der Waals surface area (Å²) in [5, 5.41) is 16.7. The van der Waals surface area contributed by atoms with Crippen LogP contribution in [0.1, 0.15) is 46.4 Å². The van der Waals surface area contributed by atoms with Gasteiger partial charge in [-0.25, -0.2) is 0 Å². The van der Waals surface area contributed by atoms with Crippen LogP contribution in [0.5, 0.6) is 0 Å². The third-order valence-corrected chi connectivity index (χ3v) is 5.25. The number of hydrogen-bond acceptors (Lipinski definition) is 5. The maximum Gasteiger partial charge on any atom is 0.251 e. The Hall–Kier alpha value is -3.15. The molecule has 1 aliphatic heterocycles. The van der Waals surface area contributed by atoms with Crippen molar-refractivity contribution in [2.45, 2.75) is 24.8 Å². The van der Waals surface area contributed by atoms with E-state index in [1.807, 2.05) is 36.5 Å². The van der Waals surface area contributed by atoms with E-state index in [9.17, 15) is 14.7 Å². The highest BCUT2D eigenvalue weighted by Crippen LogP contribution is 2.49. The Bertz CT molecular complexity index is 895. The smallest absolute Gasteiger partial charge is 0.251 e. The Morgan fingerprint density at radius 3 is 2.93 bits per heavy atom. The van der Waals surface area contributed by atoms with Crippen molar-refractivity contribution in [2.24, 2.45) is 5.92 Å². The van der Waals surface area contributed by atoms with E-state index in [2.05, 4.69) is 27.8 Å². The molecule has 0 spiro atoms. The number of carbonyl (C=O) groups excluding carboxylic acids is 2. The summed E-state index contributed by atoms with van der Waals surface area (Å²) in [7, 11) is 0. The average molecular weight is 362 g/mol. The number of allylic oxidation sites excluding steroid dienone is 2. The second kappa shape index (κ2) is 7.23. The molecule has 2 N–H and O–H groups in total. The maximum atomic E-state index is 12.3. The van der Waals surface area contributed by atoms with Gasteiger partial charge in [0.25, 0.3) is 5.91 Å². The Kier molecular flexibility index (Phi) is 4.62. The number of aliphatic carboxylic acids is 1. The fraction of sp³-hybridized carbons (Fsp3) is 0.286. The number of benzene rings is 1. The minimum Gasteiger partial charge on any atom is -0.550 e. The molecule has 0 fully saturated rings. The molecule has 0 saturated carbocycles. The third-order valence-electron chi connectivity index (χ3n) is 5.25. The number of hydrogen-bond donors (Lipinski definition) is 2. The first-order valence-electron chi connectivity index (χ1n) is 9.09. The van der Waals surface area contributed by atoms with Gasteiger partial charge in [0.05, 0.1) is 11.7 Å².